The van der Waals surface area contributed by atoms with Gasteiger partial charge in [0.05, 0.1) is 55.1 Å². The number of hydrogen-bond donors (Lipinski definition) is 7. The summed E-state index contributed by atoms with van der Waals surface area (Å²) in [6.45, 7) is 3.35. The van der Waals surface area contributed by atoms with Crippen LogP contribution in [0.25, 0.3) is 11.2 Å². The molecule has 23 heteroatoms. The van der Waals surface area contributed by atoms with Gasteiger partial charge in [0.1, 0.15) is 6.04 Å². The van der Waals surface area contributed by atoms with Crippen molar-refractivity contribution in [3.05, 3.63) is 111 Å². The number of phosphoric acid groups is 1. The van der Waals surface area contributed by atoms with Crippen molar-refractivity contribution < 1.29 is 60.7 Å². The summed E-state index contributed by atoms with van der Waals surface area (Å²) in [5.41, 5.74) is -1.16. The maximum absolute atomic E-state index is 13.8. The number of alkyl halides is 3. The third kappa shape index (κ3) is 12.6. The van der Waals surface area contributed by atoms with Gasteiger partial charge in [0, 0.05) is 23.4 Å². The monoisotopic (exact) mass is 870 g/mol. The lowest BCUT2D eigenvalue weighted by atomic mass is 10.1. The van der Waals surface area contributed by atoms with Crippen LogP contribution >= 0.6 is 7.82 Å². The van der Waals surface area contributed by atoms with Crippen LogP contribution < -0.4 is 26.8 Å². The number of halogens is 3. The normalized spacial score (nSPS) is 12.1. The Balaban J connectivity index is 1.26. The Morgan fingerprint density at radius 3 is 2.18 bits per heavy atom. The van der Waals surface area contributed by atoms with Gasteiger partial charge in [-0.25, -0.2) is 19.3 Å². The summed E-state index contributed by atoms with van der Waals surface area (Å²) >= 11 is 0. The zero-order valence-corrected chi connectivity index (χ0v) is 33.1. The molecule has 0 aliphatic rings. The van der Waals surface area contributed by atoms with Crippen LogP contribution in [0.1, 0.15) is 64.2 Å². The molecule has 0 radical (unpaired) electrons. The maximum atomic E-state index is 13.8. The molecule has 0 saturated carbocycles. The first-order valence-corrected chi connectivity index (χ1v) is 19.7. The van der Waals surface area contributed by atoms with Crippen molar-refractivity contribution in [1.29, 1.82) is 0 Å². The summed E-state index contributed by atoms with van der Waals surface area (Å²) in [5.74, 6) is -4.46. The van der Waals surface area contributed by atoms with E-state index in [1.165, 1.54) is 42.6 Å². The van der Waals surface area contributed by atoms with E-state index in [9.17, 15) is 46.8 Å². The number of aliphatic carboxylic acids is 2. The van der Waals surface area contributed by atoms with Gasteiger partial charge in [-0.05, 0) is 80.4 Å². The number of rotatable bonds is 20. The predicted molar refractivity (Wildman–Crippen MR) is 212 cm³/mol. The number of hydrogen-bond acceptors (Lipinski definition) is 14. The molecular formula is C38H38F3N8O11P. The minimum Gasteiger partial charge on any atom is -0.481 e. The van der Waals surface area contributed by atoms with E-state index < -0.39 is 61.3 Å². The lowest BCUT2D eigenvalue weighted by Crippen LogP contribution is -2.41. The molecule has 0 saturated heterocycles. The number of carboxylic acid groups (broad SMARTS) is 2. The summed E-state index contributed by atoms with van der Waals surface area (Å²) in [6, 6.07) is 12.9. The molecule has 19 nitrogen and oxygen atoms in total. The third-order valence-corrected chi connectivity index (χ3v) is 9.96. The zero-order chi connectivity index (χ0) is 44.3. The molecule has 3 aromatic carbocycles. The van der Waals surface area contributed by atoms with Crippen molar-refractivity contribution in [1.82, 2.24) is 25.3 Å². The fourth-order valence-corrected chi connectivity index (χ4v) is 6.58. The Labute approximate surface area is 343 Å². The Hall–Kier alpha value is -6.74. The highest BCUT2D eigenvalue weighted by molar-refractivity contribution is 7.48. The van der Waals surface area contributed by atoms with Crippen LogP contribution in [-0.2, 0) is 47.1 Å². The van der Waals surface area contributed by atoms with E-state index in [0.29, 0.717) is 17.3 Å². The fraction of sp³-hybridized carbons (Fsp3) is 0.263. The van der Waals surface area contributed by atoms with Crippen molar-refractivity contribution in [2.24, 2.45) is 0 Å². The highest BCUT2D eigenvalue weighted by atomic mass is 31.2. The summed E-state index contributed by atoms with van der Waals surface area (Å²) < 4.78 is 69.4. The second-order valence-corrected chi connectivity index (χ2v) is 14.4. The average molecular weight is 871 g/mol. The molecule has 2 heterocycles. The van der Waals surface area contributed by atoms with Crippen LogP contribution in [0.2, 0.25) is 0 Å². The molecule has 0 unspecified atom stereocenters. The molecule has 7 N–H and O–H groups in total. The Bertz CT molecular complexity index is 2500. The van der Waals surface area contributed by atoms with Gasteiger partial charge >= 0.3 is 31.5 Å². The van der Waals surface area contributed by atoms with Gasteiger partial charge < -0.3 is 36.5 Å². The maximum Gasteiger partial charge on any atom is 0.475 e. The molecule has 5 rings (SSSR count). The lowest BCUT2D eigenvalue weighted by molar-refractivity contribution is -0.141. The number of phosphoric ester groups is 1. The molecular weight excluding hydrogens is 832 g/mol. The smallest absolute Gasteiger partial charge is 0.475 e. The topological polar surface area (TPSA) is 273 Å². The standard InChI is InChI=1S/C38H38F3N8O11P/c1-3-58-61(57,59-4-2)60-20-21-5-10-25(11-6-21)45-34(53)27-14-9-23(38(39,40)41)17-29(27)47-37-48-32-31(35(54)49-37)44-26(19-43-32)18-42-24-12-7-22(8-13-24)33(52)46-28(36(55)56)15-16-30(50)51/h5-14,17,19,28,42H,3-4,15-16,18,20H2,1-2H3,(H,45,53)(H,46,52)(H,50,51)(H,55,56)(H2,43,47,48,49,54)/t28-/m0/s1. The van der Waals surface area contributed by atoms with E-state index in [-0.39, 0.29) is 78.1 Å². The first kappa shape index (κ1) is 45.3. The number of carboxylic acids is 2. The van der Waals surface area contributed by atoms with Crippen molar-refractivity contribution in [3.63, 3.8) is 0 Å². The number of carbonyl (C=O) groups is 4. The second-order valence-electron chi connectivity index (χ2n) is 12.8. The van der Waals surface area contributed by atoms with Crippen LogP contribution in [0.5, 0.6) is 0 Å². The number of carbonyl (C=O) groups excluding carboxylic acids is 2. The van der Waals surface area contributed by atoms with Gasteiger partial charge in [-0.15, -0.1) is 0 Å². The number of amides is 2. The number of aromatic nitrogens is 4. The van der Waals surface area contributed by atoms with E-state index in [1.54, 1.807) is 26.0 Å². The number of nitrogens with zero attached hydrogens (tertiary/aromatic N) is 3. The van der Waals surface area contributed by atoms with E-state index in [1.807, 2.05) is 0 Å². The second kappa shape index (κ2) is 20.0. The van der Waals surface area contributed by atoms with E-state index in [0.717, 1.165) is 12.1 Å². The Morgan fingerprint density at radius 1 is 0.885 bits per heavy atom. The van der Waals surface area contributed by atoms with Crippen LogP contribution in [0.15, 0.2) is 77.7 Å². The van der Waals surface area contributed by atoms with Gasteiger partial charge in [0.15, 0.2) is 11.2 Å². The molecule has 322 valence electrons. The summed E-state index contributed by atoms with van der Waals surface area (Å²) in [7, 11) is -3.78. The number of nitrogens with one attached hydrogen (secondary N) is 5. The molecule has 61 heavy (non-hydrogen) atoms. The number of benzene rings is 3. The van der Waals surface area contributed by atoms with Crippen molar-refractivity contribution in [2.75, 3.05) is 29.2 Å². The van der Waals surface area contributed by atoms with Gasteiger partial charge in [-0.2, -0.15) is 18.2 Å². The van der Waals surface area contributed by atoms with Crippen LogP contribution in [0.4, 0.5) is 36.2 Å². The van der Waals surface area contributed by atoms with Crippen LogP contribution in [0, 0.1) is 0 Å². The number of H-pyrrole nitrogens is 1. The van der Waals surface area contributed by atoms with Gasteiger partial charge in [0.25, 0.3) is 11.8 Å². The van der Waals surface area contributed by atoms with Gasteiger partial charge in [0.2, 0.25) is 5.95 Å². The van der Waals surface area contributed by atoms with Gasteiger partial charge in [-0.3, -0.25) is 32.7 Å². The number of anilines is 4. The Morgan fingerprint density at radius 2 is 1.56 bits per heavy atom. The van der Waals surface area contributed by atoms with E-state index >= 15 is 0 Å². The Kier molecular flexibility index (Phi) is 14.9. The largest absolute Gasteiger partial charge is 0.481 e. The number of fused-ring (bicyclic) bond motifs is 1. The first-order valence-electron chi connectivity index (χ1n) is 18.2. The molecule has 0 spiro atoms. The minimum atomic E-state index is -4.79. The molecule has 2 aromatic heterocycles. The average Bonchev–Trinajstić information content (AvgIpc) is 3.21. The first-order chi connectivity index (χ1) is 29.0. The number of aromatic amines is 1. The molecule has 1 atom stereocenters. The van der Waals surface area contributed by atoms with E-state index in [2.05, 4.69) is 41.2 Å². The van der Waals surface area contributed by atoms with Crippen LogP contribution in [-0.4, -0.2) is 73.2 Å². The highest BCUT2D eigenvalue weighted by Gasteiger charge is 2.32. The quantitative estimate of drug-likeness (QED) is 0.0436. The minimum absolute atomic E-state index is 0.0350. The van der Waals surface area contributed by atoms with E-state index in [4.69, 9.17) is 18.7 Å². The van der Waals surface area contributed by atoms with Crippen molar-refractivity contribution in [3.8, 4) is 0 Å². The molecule has 0 aliphatic heterocycles. The lowest BCUT2D eigenvalue weighted by Gasteiger charge is -2.16. The highest BCUT2D eigenvalue weighted by Crippen LogP contribution is 2.50. The summed E-state index contributed by atoms with van der Waals surface area (Å²) in [6.07, 6.45) is -4.22. The molecule has 0 aliphatic carbocycles. The SMILES string of the molecule is CCOP(=O)(OCC)OCc1ccc(NC(=O)c2ccc(C(F)(F)F)cc2Nc2nc(=O)c3nc(CNc4ccc(C(=O)N[C@@H](CCC(=O)O)C(=O)O)cc4)cnc3[nH]2)cc1. The molecule has 0 bridgehead atoms. The molecule has 0 fully saturated rings. The summed E-state index contributed by atoms with van der Waals surface area (Å²) in [5, 5.41) is 28.6. The van der Waals surface area contributed by atoms with Crippen LogP contribution in [0.3, 0.4) is 0 Å². The molecule has 5 aromatic rings. The van der Waals surface area contributed by atoms with Gasteiger partial charge in [-0.1, -0.05) is 12.1 Å². The summed E-state index contributed by atoms with van der Waals surface area (Å²) in [4.78, 5) is 76.3. The third-order valence-electron chi connectivity index (χ3n) is 8.37. The zero-order valence-electron chi connectivity index (χ0n) is 32.2. The molecule has 2 amide bonds. The van der Waals surface area contributed by atoms with Crippen molar-refractivity contribution >= 4 is 65.8 Å². The van der Waals surface area contributed by atoms with Crippen molar-refractivity contribution in [2.45, 2.75) is 52.1 Å². The predicted octanol–water partition coefficient (Wildman–Crippen LogP) is 6.09. The fourth-order valence-electron chi connectivity index (χ4n) is 5.42.